The van der Waals surface area contributed by atoms with Gasteiger partial charge in [-0.25, -0.2) is 13.8 Å². The molecular formula is C26H34N4O6S. The van der Waals surface area contributed by atoms with E-state index in [2.05, 4.69) is 15.8 Å². The number of hydrazone groups is 1. The fourth-order valence-electron chi connectivity index (χ4n) is 3.94. The van der Waals surface area contributed by atoms with Crippen LogP contribution in [0.1, 0.15) is 44.6 Å². The number of ether oxygens (including phenoxy) is 2. The highest BCUT2D eigenvalue weighted by atomic mass is 32.2. The standard InChI is InChI=1S/C26H34N4O6S/c1-3-35-23-15-11-22(12-16-23)30(37(2,33)34)18-25(31)29-27-17-20-9-13-24(14-10-20)36-19-26(32)28-21-7-5-4-6-8-21/h9-17,21H,3-8,18-19H2,1-2H3,(H,28,32)(H,29,31)/b27-17-. The van der Waals surface area contributed by atoms with Crippen LogP contribution in [0, 0.1) is 0 Å². The lowest BCUT2D eigenvalue weighted by molar-refractivity contribution is -0.124. The number of nitrogens with one attached hydrogen (secondary N) is 2. The van der Waals surface area contributed by atoms with Gasteiger partial charge < -0.3 is 14.8 Å². The Labute approximate surface area is 218 Å². The zero-order chi connectivity index (χ0) is 26.7. The van der Waals surface area contributed by atoms with Crippen LogP contribution in [-0.4, -0.2) is 58.5 Å². The van der Waals surface area contributed by atoms with Gasteiger partial charge in [0.2, 0.25) is 10.0 Å². The summed E-state index contributed by atoms with van der Waals surface area (Å²) in [6.07, 6.45) is 8.02. The van der Waals surface area contributed by atoms with Crippen LogP contribution in [-0.2, 0) is 19.6 Å². The van der Waals surface area contributed by atoms with Gasteiger partial charge in [0.15, 0.2) is 6.61 Å². The normalized spacial score (nSPS) is 14.2. The molecule has 0 atom stereocenters. The van der Waals surface area contributed by atoms with Gasteiger partial charge in [0.1, 0.15) is 18.0 Å². The van der Waals surface area contributed by atoms with Crippen LogP contribution in [0.4, 0.5) is 5.69 Å². The molecule has 11 heteroatoms. The average Bonchev–Trinajstić information content (AvgIpc) is 2.87. The van der Waals surface area contributed by atoms with Crippen molar-refractivity contribution in [2.45, 2.75) is 45.1 Å². The van der Waals surface area contributed by atoms with Gasteiger partial charge in [-0.1, -0.05) is 19.3 Å². The van der Waals surface area contributed by atoms with E-state index in [1.54, 1.807) is 48.5 Å². The maximum atomic E-state index is 12.4. The summed E-state index contributed by atoms with van der Waals surface area (Å²) in [6.45, 7) is 1.86. The van der Waals surface area contributed by atoms with Gasteiger partial charge in [-0.15, -0.1) is 0 Å². The molecule has 0 aromatic heterocycles. The van der Waals surface area contributed by atoms with E-state index in [0.717, 1.165) is 36.2 Å². The number of hydrogen-bond donors (Lipinski definition) is 2. The molecule has 0 saturated heterocycles. The predicted octanol–water partition coefficient (Wildman–Crippen LogP) is 2.83. The van der Waals surface area contributed by atoms with Gasteiger partial charge in [-0.3, -0.25) is 13.9 Å². The van der Waals surface area contributed by atoms with E-state index in [-0.39, 0.29) is 18.6 Å². The minimum Gasteiger partial charge on any atom is -0.494 e. The number of sulfonamides is 1. The van der Waals surface area contributed by atoms with Crippen LogP contribution < -0.4 is 24.5 Å². The number of carbonyl (C=O) groups is 2. The van der Waals surface area contributed by atoms with Gasteiger partial charge in [0, 0.05) is 6.04 Å². The molecule has 10 nitrogen and oxygen atoms in total. The molecule has 1 fully saturated rings. The summed E-state index contributed by atoms with van der Waals surface area (Å²) < 4.78 is 36.4. The average molecular weight is 531 g/mol. The van der Waals surface area contributed by atoms with Crippen molar-refractivity contribution < 1.29 is 27.5 Å². The summed E-state index contributed by atoms with van der Waals surface area (Å²) >= 11 is 0. The molecule has 1 aliphatic carbocycles. The third-order valence-electron chi connectivity index (χ3n) is 5.75. The van der Waals surface area contributed by atoms with Crippen LogP contribution in [0.3, 0.4) is 0 Å². The second-order valence-electron chi connectivity index (χ2n) is 8.75. The second-order valence-corrected chi connectivity index (χ2v) is 10.7. The van der Waals surface area contributed by atoms with Gasteiger partial charge in [0.25, 0.3) is 11.8 Å². The summed E-state index contributed by atoms with van der Waals surface area (Å²) in [5, 5.41) is 6.91. The number of carbonyl (C=O) groups excluding carboxylic acids is 2. The summed E-state index contributed by atoms with van der Waals surface area (Å²) in [5.74, 6) is 0.417. The molecule has 2 aromatic rings. The molecule has 3 rings (SSSR count). The molecule has 200 valence electrons. The van der Waals surface area contributed by atoms with Crippen molar-refractivity contribution in [2.75, 3.05) is 30.3 Å². The van der Waals surface area contributed by atoms with Crippen LogP contribution in [0.5, 0.6) is 11.5 Å². The highest BCUT2D eigenvalue weighted by molar-refractivity contribution is 7.92. The molecule has 2 amide bonds. The first kappa shape index (κ1) is 28.0. The largest absolute Gasteiger partial charge is 0.494 e. The zero-order valence-corrected chi connectivity index (χ0v) is 22.0. The van der Waals surface area contributed by atoms with Crippen molar-refractivity contribution in [2.24, 2.45) is 5.10 Å². The van der Waals surface area contributed by atoms with E-state index >= 15 is 0 Å². The van der Waals surface area contributed by atoms with E-state index in [4.69, 9.17) is 9.47 Å². The number of hydrogen-bond acceptors (Lipinski definition) is 7. The Balaban J connectivity index is 1.47. The first-order chi connectivity index (χ1) is 17.7. The number of amides is 2. The highest BCUT2D eigenvalue weighted by Crippen LogP contribution is 2.21. The van der Waals surface area contributed by atoms with Crippen molar-refractivity contribution >= 4 is 33.7 Å². The molecule has 0 radical (unpaired) electrons. The minimum atomic E-state index is -3.70. The van der Waals surface area contributed by atoms with E-state index in [1.807, 2.05) is 6.92 Å². The molecule has 1 aliphatic rings. The van der Waals surface area contributed by atoms with E-state index < -0.39 is 22.5 Å². The van der Waals surface area contributed by atoms with Crippen LogP contribution in [0.2, 0.25) is 0 Å². The number of anilines is 1. The molecular weight excluding hydrogens is 496 g/mol. The van der Waals surface area contributed by atoms with E-state index in [1.165, 1.54) is 12.6 Å². The highest BCUT2D eigenvalue weighted by Gasteiger charge is 2.21. The Morgan fingerprint density at radius 2 is 1.59 bits per heavy atom. The van der Waals surface area contributed by atoms with Gasteiger partial charge in [-0.05, 0) is 73.9 Å². The molecule has 2 N–H and O–H groups in total. The third-order valence-corrected chi connectivity index (χ3v) is 6.89. The first-order valence-electron chi connectivity index (χ1n) is 12.3. The van der Waals surface area contributed by atoms with Gasteiger partial charge in [0.05, 0.1) is 24.8 Å². The third kappa shape index (κ3) is 9.41. The molecule has 0 bridgehead atoms. The van der Waals surface area contributed by atoms with Gasteiger partial charge in [-0.2, -0.15) is 5.10 Å². The monoisotopic (exact) mass is 530 g/mol. The second kappa shape index (κ2) is 13.6. The van der Waals surface area contributed by atoms with Crippen LogP contribution in [0.15, 0.2) is 53.6 Å². The maximum absolute atomic E-state index is 12.4. The number of rotatable bonds is 12. The van der Waals surface area contributed by atoms with Crippen molar-refractivity contribution in [1.29, 1.82) is 0 Å². The van der Waals surface area contributed by atoms with Crippen molar-refractivity contribution in [3.8, 4) is 11.5 Å². The van der Waals surface area contributed by atoms with Crippen molar-refractivity contribution in [3.63, 3.8) is 0 Å². The first-order valence-corrected chi connectivity index (χ1v) is 14.1. The van der Waals surface area contributed by atoms with E-state index in [9.17, 15) is 18.0 Å². The fraction of sp³-hybridized carbons (Fsp3) is 0.423. The molecule has 1 saturated carbocycles. The molecule has 37 heavy (non-hydrogen) atoms. The summed E-state index contributed by atoms with van der Waals surface area (Å²) in [6, 6.07) is 13.5. The lowest BCUT2D eigenvalue weighted by Crippen LogP contribution is -2.39. The Kier molecular flexibility index (Phi) is 10.3. The number of benzene rings is 2. The SMILES string of the molecule is CCOc1ccc(N(CC(=O)N/N=C\c2ccc(OCC(=O)NC3CCCCC3)cc2)S(C)(=O)=O)cc1. The smallest absolute Gasteiger partial charge is 0.260 e. The molecule has 2 aromatic carbocycles. The lowest BCUT2D eigenvalue weighted by atomic mass is 9.95. The lowest BCUT2D eigenvalue weighted by Gasteiger charge is -2.22. The molecule has 0 aliphatic heterocycles. The Hall–Kier alpha value is -3.60. The van der Waals surface area contributed by atoms with Crippen LogP contribution >= 0.6 is 0 Å². The maximum Gasteiger partial charge on any atom is 0.260 e. The number of nitrogens with zero attached hydrogens (tertiary/aromatic N) is 2. The summed E-state index contributed by atoms with van der Waals surface area (Å²) in [5.41, 5.74) is 3.37. The van der Waals surface area contributed by atoms with Crippen LogP contribution in [0.25, 0.3) is 0 Å². The minimum absolute atomic E-state index is 0.0504. The zero-order valence-electron chi connectivity index (χ0n) is 21.2. The van der Waals surface area contributed by atoms with Crippen molar-refractivity contribution in [1.82, 2.24) is 10.7 Å². The Morgan fingerprint density at radius 3 is 2.22 bits per heavy atom. The molecule has 0 unspecified atom stereocenters. The Bertz CT molecular complexity index is 1160. The quantitative estimate of drug-likeness (QED) is 0.321. The topological polar surface area (TPSA) is 126 Å². The molecule has 0 heterocycles. The van der Waals surface area contributed by atoms with Gasteiger partial charge >= 0.3 is 0 Å². The fourth-order valence-corrected chi connectivity index (χ4v) is 4.79. The summed E-state index contributed by atoms with van der Waals surface area (Å²) in [4.78, 5) is 24.4. The Morgan fingerprint density at radius 1 is 0.973 bits per heavy atom. The summed E-state index contributed by atoms with van der Waals surface area (Å²) in [7, 11) is -3.70. The predicted molar refractivity (Wildman–Crippen MR) is 142 cm³/mol. The van der Waals surface area contributed by atoms with E-state index in [0.29, 0.717) is 29.4 Å². The van der Waals surface area contributed by atoms with Crippen molar-refractivity contribution in [3.05, 3.63) is 54.1 Å². The molecule has 0 spiro atoms.